The van der Waals surface area contributed by atoms with E-state index in [2.05, 4.69) is 5.32 Å². The molecule has 0 fully saturated rings. The molecule has 1 aliphatic rings. The minimum Gasteiger partial charge on any atom is -0.348 e. The molecule has 6 heteroatoms. The third-order valence-electron chi connectivity index (χ3n) is 1.40. The number of rotatable bonds is 2. The summed E-state index contributed by atoms with van der Waals surface area (Å²) in [5.74, 6) is -0.566. The fourth-order valence-electron chi connectivity index (χ4n) is 0.911. The zero-order valence-corrected chi connectivity index (χ0v) is 7.73. The Morgan fingerprint density at radius 2 is 2.33 bits per heavy atom. The molecule has 68 valence electrons. The standard InChI is InChI=1S/C6H8ClNO3S/c7-3-6(9)8-5-1-2-12(10,11)4-5/h1-2,5H,3-4H2,(H,8,9). The number of carbonyl (C=O) groups excluding carboxylic acids is 1. The van der Waals surface area contributed by atoms with Crippen molar-refractivity contribution in [1.82, 2.24) is 5.32 Å². The minimum atomic E-state index is -3.09. The number of alkyl halides is 1. The lowest BCUT2D eigenvalue weighted by molar-refractivity contribution is -0.118. The number of sulfone groups is 1. The van der Waals surface area contributed by atoms with Gasteiger partial charge in [-0.15, -0.1) is 11.6 Å². The van der Waals surface area contributed by atoms with Crippen LogP contribution in [0.2, 0.25) is 0 Å². The van der Waals surface area contributed by atoms with Gasteiger partial charge in [-0.2, -0.15) is 0 Å². The molecule has 1 rings (SSSR count). The van der Waals surface area contributed by atoms with Crippen molar-refractivity contribution in [2.75, 3.05) is 11.6 Å². The summed E-state index contributed by atoms with van der Waals surface area (Å²) >= 11 is 5.22. The molecule has 1 N–H and O–H groups in total. The molecule has 4 nitrogen and oxygen atoms in total. The van der Waals surface area contributed by atoms with E-state index in [1.165, 1.54) is 6.08 Å². The van der Waals surface area contributed by atoms with Gasteiger partial charge in [-0.25, -0.2) is 8.42 Å². The highest BCUT2D eigenvalue weighted by Crippen LogP contribution is 2.07. The Kier molecular flexibility index (Phi) is 2.74. The zero-order valence-electron chi connectivity index (χ0n) is 6.16. The third-order valence-corrected chi connectivity index (χ3v) is 3.04. The van der Waals surface area contributed by atoms with E-state index in [0.717, 1.165) is 5.41 Å². The van der Waals surface area contributed by atoms with Gasteiger partial charge in [0.15, 0.2) is 9.84 Å². The Morgan fingerprint density at radius 1 is 1.67 bits per heavy atom. The van der Waals surface area contributed by atoms with Gasteiger partial charge in [0.05, 0.1) is 11.8 Å². The van der Waals surface area contributed by atoms with Crippen LogP contribution in [0.4, 0.5) is 0 Å². The first kappa shape index (κ1) is 9.54. The molecule has 1 unspecified atom stereocenters. The predicted octanol–water partition coefficient (Wildman–Crippen LogP) is -0.348. The van der Waals surface area contributed by atoms with Crippen molar-refractivity contribution in [3.8, 4) is 0 Å². The van der Waals surface area contributed by atoms with E-state index >= 15 is 0 Å². The van der Waals surface area contributed by atoms with Gasteiger partial charge in [0.2, 0.25) is 5.91 Å². The van der Waals surface area contributed by atoms with Crippen molar-refractivity contribution in [2.45, 2.75) is 6.04 Å². The predicted molar refractivity (Wildman–Crippen MR) is 45.6 cm³/mol. The second kappa shape index (κ2) is 3.45. The van der Waals surface area contributed by atoms with Gasteiger partial charge < -0.3 is 5.32 Å². The molecule has 1 amide bonds. The number of nitrogens with one attached hydrogen (secondary N) is 1. The molecule has 0 aromatic heterocycles. The molecule has 0 spiro atoms. The van der Waals surface area contributed by atoms with Crippen molar-refractivity contribution in [1.29, 1.82) is 0 Å². The highest BCUT2D eigenvalue weighted by molar-refractivity contribution is 7.94. The van der Waals surface area contributed by atoms with Crippen LogP contribution in [0.5, 0.6) is 0 Å². The molecule has 0 saturated heterocycles. The van der Waals surface area contributed by atoms with E-state index in [-0.39, 0.29) is 17.5 Å². The van der Waals surface area contributed by atoms with Crippen LogP contribution >= 0.6 is 11.6 Å². The average Bonchev–Trinajstić information content (AvgIpc) is 2.30. The molecular formula is C6H8ClNO3S. The van der Waals surface area contributed by atoms with Crippen LogP contribution in [0.3, 0.4) is 0 Å². The van der Waals surface area contributed by atoms with E-state index < -0.39 is 15.9 Å². The third kappa shape index (κ3) is 2.49. The lowest BCUT2D eigenvalue weighted by Gasteiger charge is -2.06. The quantitative estimate of drug-likeness (QED) is 0.633. The van der Waals surface area contributed by atoms with Gasteiger partial charge in [-0.05, 0) is 6.08 Å². The number of amides is 1. The molecule has 1 atom stereocenters. The van der Waals surface area contributed by atoms with Gasteiger partial charge in [-0.1, -0.05) is 0 Å². The van der Waals surface area contributed by atoms with E-state index in [4.69, 9.17) is 11.6 Å². The fourth-order valence-corrected chi connectivity index (χ4v) is 2.22. The van der Waals surface area contributed by atoms with Gasteiger partial charge in [0.25, 0.3) is 0 Å². The van der Waals surface area contributed by atoms with Crippen molar-refractivity contribution < 1.29 is 13.2 Å². The van der Waals surface area contributed by atoms with Crippen LogP contribution in [0.15, 0.2) is 11.5 Å². The van der Waals surface area contributed by atoms with Crippen LogP contribution < -0.4 is 5.32 Å². The first-order valence-electron chi connectivity index (χ1n) is 3.30. The van der Waals surface area contributed by atoms with E-state index in [0.29, 0.717) is 0 Å². The molecule has 12 heavy (non-hydrogen) atoms. The molecular weight excluding hydrogens is 202 g/mol. The van der Waals surface area contributed by atoms with Gasteiger partial charge in [-0.3, -0.25) is 4.79 Å². The van der Waals surface area contributed by atoms with Crippen molar-refractivity contribution in [2.24, 2.45) is 0 Å². The van der Waals surface area contributed by atoms with Gasteiger partial charge in [0, 0.05) is 5.41 Å². The lowest BCUT2D eigenvalue weighted by Crippen LogP contribution is -2.36. The van der Waals surface area contributed by atoms with Gasteiger partial charge >= 0.3 is 0 Å². The van der Waals surface area contributed by atoms with Crippen LogP contribution in [-0.4, -0.2) is 32.0 Å². The van der Waals surface area contributed by atoms with E-state index in [1.54, 1.807) is 0 Å². The maximum Gasteiger partial charge on any atom is 0.235 e. The first-order chi connectivity index (χ1) is 5.53. The van der Waals surface area contributed by atoms with Crippen LogP contribution in [0.25, 0.3) is 0 Å². The number of carbonyl (C=O) groups is 1. The SMILES string of the molecule is O=C(CCl)NC1C=CS(=O)(=O)C1. The average molecular weight is 210 g/mol. The fraction of sp³-hybridized carbons (Fsp3) is 0.500. The number of hydrogen-bond acceptors (Lipinski definition) is 3. The molecule has 0 bridgehead atoms. The maximum atomic E-state index is 10.8. The summed E-state index contributed by atoms with van der Waals surface area (Å²) in [7, 11) is -3.09. The molecule has 1 heterocycles. The monoisotopic (exact) mass is 209 g/mol. The normalized spacial score (nSPS) is 25.6. The lowest BCUT2D eigenvalue weighted by atomic mass is 10.3. The number of halogens is 1. The molecule has 0 saturated carbocycles. The summed E-state index contributed by atoms with van der Waals surface area (Å²) in [5.41, 5.74) is 0. The summed E-state index contributed by atoms with van der Waals surface area (Å²) in [5, 5.41) is 3.55. The Labute approximate surface area is 75.5 Å². The molecule has 0 radical (unpaired) electrons. The Morgan fingerprint density at radius 3 is 2.75 bits per heavy atom. The Hall–Kier alpha value is -0.550. The van der Waals surface area contributed by atoms with Gasteiger partial charge in [0.1, 0.15) is 5.88 Å². The highest BCUT2D eigenvalue weighted by atomic mass is 35.5. The zero-order chi connectivity index (χ0) is 9.19. The van der Waals surface area contributed by atoms with Crippen LogP contribution in [-0.2, 0) is 14.6 Å². The molecule has 1 aliphatic heterocycles. The maximum absolute atomic E-state index is 10.8. The summed E-state index contributed by atoms with van der Waals surface area (Å²) in [6.45, 7) is 0. The molecule has 0 aromatic rings. The topological polar surface area (TPSA) is 63.2 Å². The van der Waals surface area contributed by atoms with E-state index in [9.17, 15) is 13.2 Å². The number of hydrogen-bond donors (Lipinski definition) is 1. The summed E-state index contributed by atoms with van der Waals surface area (Å²) in [6.07, 6.45) is 1.44. The summed E-state index contributed by atoms with van der Waals surface area (Å²) in [4.78, 5) is 10.7. The minimum absolute atomic E-state index is 0.0599. The van der Waals surface area contributed by atoms with E-state index in [1.807, 2.05) is 0 Å². The largest absolute Gasteiger partial charge is 0.348 e. The summed E-state index contributed by atoms with van der Waals surface area (Å²) < 4.78 is 21.7. The van der Waals surface area contributed by atoms with Crippen LogP contribution in [0, 0.1) is 0 Å². The highest BCUT2D eigenvalue weighted by Gasteiger charge is 2.22. The Bertz CT molecular complexity index is 309. The van der Waals surface area contributed by atoms with Crippen molar-refractivity contribution in [3.63, 3.8) is 0 Å². The first-order valence-corrected chi connectivity index (χ1v) is 5.55. The second-order valence-electron chi connectivity index (χ2n) is 2.47. The summed E-state index contributed by atoms with van der Waals surface area (Å²) in [6, 6.07) is -0.416. The second-order valence-corrected chi connectivity index (χ2v) is 4.66. The van der Waals surface area contributed by atoms with Crippen molar-refractivity contribution >= 4 is 27.3 Å². The smallest absolute Gasteiger partial charge is 0.235 e. The van der Waals surface area contributed by atoms with Crippen LogP contribution in [0.1, 0.15) is 0 Å². The molecule has 0 aliphatic carbocycles. The Balaban J connectivity index is 2.51. The molecule has 0 aromatic carbocycles. The van der Waals surface area contributed by atoms with Crippen molar-refractivity contribution in [3.05, 3.63) is 11.5 Å².